The van der Waals surface area contributed by atoms with Gasteiger partial charge in [0, 0.05) is 11.1 Å². The van der Waals surface area contributed by atoms with E-state index in [4.69, 9.17) is 25.5 Å². The Hall–Kier alpha value is -1.13. The van der Waals surface area contributed by atoms with Crippen molar-refractivity contribution in [3.63, 3.8) is 0 Å². The molecule has 1 aromatic heterocycles. The van der Waals surface area contributed by atoms with Crippen LogP contribution in [-0.2, 0) is 0 Å². The van der Waals surface area contributed by atoms with Crippen molar-refractivity contribution in [1.82, 2.24) is 0 Å². The average molecular weight is 346 g/mol. The zero-order valence-electron chi connectivity index (χ0n) is 10.9. The van der Waals surface area contributed by atoms with E-state index < -0.39 is 0 Å². The zero-order valence-corrected chi connectivity index (χ0v) is 13.2. The van der Waals surface area contributed by atoms with E-state index in [2.05, 4.69) is 15.9 Å². The highest BCUT2D eigenvalue weighted by Gasteiger charge is 2.21. The van der Waals surface area contributed by atoms with Gasteiger partial charge in [-0.15, -0.1) is 11.6 Å². The Kier molecular flexibility index (Phi) is 4.42. The van der Waals surface area contributed by atoms with Gasteiger partial charge < -0.3 is 13.9 Å². The number of hydrogen-bond acceptors (Lipinski definition) is 3. The number of ether oxygens (including phenoxy) is 2. The molecule has 0 spiro atoms. The second-order valence-electron chi connectivity index (χ2n) is 4.02. The third kappa shape index (κ3) is 2.74. The predicted octanol–water partition coefficient (Wildman–Crippen LogP) is 4.70. The Morgan fingerprint density at radius 1 is 1.16 bits per heavy atom. The zero-order chi connectivity index (χ0) is 14.0. The number of rotatable bonds is 4. The van der Waals surface area contributed by atoms with Crippen molar-refractivity contribution in [2.24, 2.45) is 0 Å². The van der Waals surface area contributed by atoms with Crippen molar-refractivity contribution in [3.8, 4) is 11.5 Å². The van der Waals surface area contributed by atoms with Crippen LogP contribution in [0.5, 0.6) is 11.5 Å². The van der Waals surface area contributed by atoms with Crippen LogP contribution in [0, 0.1) is 6.92 Å². The third-order valence-corrected chi connectivity index (χ3v) is 4.04. The fourth-order valence-corrected chi connectivity index (χ4v) is 2.79. The van der Waals surface area contributed by atoms with Gasteiger partial charge >= 0.3 is 0 Å². The molecule has 3 nitrogen and oxygen atoms in total. The van der Waals surface area contributed by atoms with Gasteiger partial charge in [-0.3, -0.25) is 0 Å². The fraction of sp³-hybridized carbons (Fsp3) is 0.286. The molecule has 0 fully saturated rings. The summed E-state index contributed by atoms with van der Waals surface area (Å²) < 4.78 is 16.8. The van der Waals surface area contributed by atoms with E-state index in [9.17, 15) is 0 Å². The molecular formula is C14H14BrClO3. The van der Waals surface area contributed by atoms with Crippen molar-refractivity contribution < 1.29 is 13.9 Å². The molecule has 1 unspecified atom stereocenters. The Labute approximate surface area is 125 Å². The summed E-state index contributed by atoms with van der Waals surface area (Å²) in [6, 6.07) is 5.58. The van der Waals surface area contributed by atoms with Crippen LogP contribution < -0.4 is 9.47 Å². The van der Waals surface area contributed by atoms with Crippen LogP contribution >= 0.6 is 27.5 Å². The first-order valence-corrected chi connectivity index (χ1v) is 6.91. The van der Waals surface area contributed by atoms with Crippen LogP contribution in [0.25, 0.3) is 0 Å². The lowest BCUT2D eigenvalue weighted by atomic mass is 10.0. The predicted molar refractivity (Wildman–Crippen MR) is 78.4 cm³/mol. The Morgan fingerprint density at radius 2 is 1.84 bits per heavy atom. The van der Waals surface area contributed by atoms with Gasteiger partial charge in [-0.1, -0.05) is 0 Å². The molecule has 1 heterocycles. The molecule has 2 rings (SSSR count). The highest BCUT2D eigenvalue weighted by Crippen LogP contribution is 2.41. The fourth-order valence-electron chi connectivity index (χ4n) is 1.91. The number of methoxy groups -OCH3 is 2. The van der Waals surface area contributed by atoms with Gasteiger partial charge in [0.25, 0.3) is 0 Å². The Balaban J connectivity index is 2.51. The first-order chi connectivity index (χ1) is 9.08. The van der Waals surface area contributed by atoms with E-state index in [0.717, 1.165) is 21.4 Å². The number of hydrogen-bond donors (Lipinski definition) is 0. The maximum Gasteiger partial charge on any atom is 0.133 e. The van der Waals surface area contributed by atoms with Crippen LogP contribution in [-0.4, -0.2) is 14.2 Å². The van der Waals surface area contributed by atoms with E-state index in [1.807, 2.05) is 25.1 Å². The molecular weight excluding hydrogens is 332 g/mol. The molecule has 0 aliphatic heterocycles. The molecule has 0 saturated carbocycles. The minimum absolute atomic E-state index is 0.351. The van der Waals surface area contributed by atoms with Crippen LogP contribution in [0.2, 0.25) is 0 Å². The van der Waals surface area contributed by atoms with E-state index in [1.165, 1.54) is 0 Å². The lowest BCUT2D eigenvalue weighted by Gasteiger charge is -2.16. The maximum absolute atomic E-state index is 6.53. The number of aryl methyl sites for hydroxylation is 1. The number of halogens is 2. The maximum atomic E-state index is 6.53. The molecule has 0 radical (unpaired) electrons. The van der Waals surface area contributed by atoms with Gasteiger partial charge in [0.05, 0.1) is 30.3 Å². The van der Waals surface area contributed by atoms with Crippen LogP contribution in [0.3, 0.4) is 0 Å². The topological polar surface area (TPSA) is 31.6 Å². The first-order valence-electron chi connectivity index (χ1n) is 5.68. The minimum atomic E-state index is -0.351. The van der Waals surface area contributed by atoms with Crippen LogP contribution in [0.4, 0.5) is 0 Å². The standard InChI is InChI=1S/C14H14BrClO3/c1-8-9(4-5-19-8)14(16)10-6-13(18-3)11(15)7-12(10)17-2/h4-7,14H,1-3H3. The highest BCUT2D eigenvalue weighted by molar-refractivity contribution is 9.10. The van der Waals surface area contributed by atoms with Crippen LogP contribution in [0.1, 0.15) is 22.3 Å². The molecule has 0 aliphatic carbocycles. The van der Waals surface area contributed by atoms with Crippen molar-refractivity contribution in [2.75, 3.05) is 14.2 Å². The SMILES string of the molecule is COc1cc(C(Cl)c2ccoc2C)c(OC)cc1Br. The molecule has 0 amide bonds. The molecule has 2 aromatic rings. The van der Waals surface area contributed by atoms with E-state index in [0.29, 0.717) is 11.5 Å². The van der Waals surface area contributed by atoms with Crippen molar-refractivity contribution in [3.05, 3.63) is 45.8 Å². The van der Waals surface area contributed by atoms with Gasteiger partial charge in [0.2, 0.25) is 0 Å². The average Bonchev–Trinajstić information content (AvgIpc) is 2.83. The smallest absolute Gasteiger partial charge is 0.133 e. The number of furan rings is 1. The largest absolute Gasteiger partial charge is 0.496 e. The molecule has 102 valence electrons. The normalized spacial score (nSPS) is 12.3. The third-order valence-electron chi connectivity index (χ3n) is 2.95. The molecule has 0 aliphatic rings. The van der Waals surface area contributed by atoms with Gasteiger partial charge in [-0.05, 0) is 41.1 Å². The van der Waals surface area contributed by atoms with Crippen molar-refractivity contribution >= 4 is 27.5 Å². The summed E-state index contributed by atoms with van der Waals surface area (Å²) in [5.41, 5.74) is 1.76. The van der Waals surface area contributed by atoms with Gasteiger partial charge in [0.1, 0.15) is 17.3 Å². The first kappa shape index (κ1) is 14.3. The molecule has 0 bridgehead atoms. The van der Waals surface area contributed by atoms with E-state index in [1.54, 1.807) is 20.5 Å². The van der Waals surface area contributed by atoms with Crippen molar-refractivity contribution in [2.45, 2.75) is 12.3 Å². The monoisotopic (exact) mass is 344 g/mol. The Morgan fingerprint density at radius 3 is 2.37 bits per heavy atom. The molecule has 1 aromatic carbocycles. The summed E-state index contributed by atoms with van der Waals surface area (Å²) in [6.07, 6.45) is 1.63. The molecule has 0 N–H and O–H groups in total. The summed E-state index contributed by atoms with van der Waals surface area (Å²) in [4.78, 5) is 0. The summed E-state index contributed by atoms with van der Waals surface area (Å²) in [5, 5.41) is -0.351. The summed E-state index contributed by atoms with van der Waals surface area (Å²) >= 11 is 9.96. The number of benzene rings is 1. The second-order valence-corrected chi connectivity index (χ2v) is 5.31. The van der Waals surface area contributed by atoms with E-state index in [-0.39, 0.29) is 5.38 Å². The van der Waals surface area contributed by atoms with Gasteiger partial charge in [0.15, 0.2) is 0 Å². The summed E-state index contributed by atoms with van der Waals surface area (Å²) in [7, 11) is 3.23. The van der Waals surface area contributed by atoms with E-state index >= 15 is 0 Å². The molecule has 19 heavy (non-hydrogen) atoms. The van der Waals surface area contributed by atoms with Gasteiger partial charge in [-0.2, -0.15) is 0 Å². The number of alkyl halides is 1. The lowest BCUT2D eigenvalue weighted by molar-refractivity contribution is 0.397. The molecule has 0 saturated heterocycles. The minimum Gasteiger partial charge on any atom is -0.496 e. The summed E-state index contributed by atoms with van der Waals surface area (Å²) in [6.45, 7) is 1.88. The quantitative estimate of drug-likeness (QED) is 0.753. The molecule has 5 heteroatoms. The van der Waals surface area contributed by atoms with Gasteiger partial charge in [-0.25, -0.2) is 0 Å². The van der Waals surface area contributed by atoms with Crippen LogP contribution in [0.15, 0.2) is 33.4 Å². The highest BCUT2D eigenvalue weighted by atomic mass is 79.9. The lowest BCUT2D eigenvalue weighted by Crippen LogP contribution is -1.99. The Bertz CT molecular complexity index is 580. The molecule has 1 atom stereocenters. The second kappa shape index (κ2) is 5.88. The van der Waals surface area contributed by atoms with Crippen molar-refractivity contribution in [1.29, 1.82) is 0 Å². The summed E-state index contributed by atoms with van der Waals surface area (Å²) in [5.74, 6) is 2.21.